The minimum Gasteiger partial charge on any atom is -0.394 e. The van der Waals surface area contributed by atoms with Gasteiger partial charge in [0.05, 0.1) is 12.6 Å². The van der Waals surface area contributed by atoms with Gasteiger partial charge in [0.15, 0.2) is 0 Å². The Labute approximate surface area is 89.3 Å². The van der Waals surface area contributed by atoms with Crippen LogP contribution in [0.3, 0.4) is 0 Å². The molecule has 1 saturated heterocycles. The molecule has 1 aliphatic rings. The number of rotatable bonds is 3. The molecule has 15 heavy (non-hydrogen) atoms. The van der Waals surface area contributed by atoms with Gasteiger partial charge in [-0.05, 0) is 12.0 Å². The van der Waals surface area contributed by atoms with E-state index >= 15 is 0 Å². The summed E-state index contributed by atoms with van der Waals surface area (Å²) in [5, 5.41) is 9.36. The van der Waals surface area contributed by atoms with Crippen LogP contribution >= 0.6 is 0 Å². The second-order valence-corrected chi connectivity index (χ2v) is 3.99. The van der Waals surface area contributed by atoms with Crippen LogP contribution in [0.5, 0.6) is 0 Å². The maximum atomic E-state index is 13.1. The monoisotopic (exact) mass is 209 g/mol. The number of aliphatic hydroxyl groups excluding tert-OH is 1. The molecular weight excluding hydrogens is 193 g/mol. The van der Waals surface area contributed by atoms with E-state index in [4.69, 9.17) is 0 Å². The molecule has 1 aliphatic heterocycles. The molecule has 2 rings (SSSR count). The van der Waals surface area contributed by atoms with E-state index in [1.807, 2.05) is 35.2 Å². The predicted molar refractivity (Wildman–Crippen MR) is 57.4 cm³/mol. The van der Waals surface area contributed by atoms with E-state index in [1.165, 1.54) is 0 Å². The Kier molecular flexibility index (Phi) is 3.34. The molecule has 0 unspecified atom stereocenters. The van der Waals surface area contributed by atoms with Gasteiger partial charge in [0.2, 0.25) is 0 Å². The van der Waals surface area contributed by atoms with Crippen molar-refractivity contribution in [2.24, 2.45) is 0 Å². The summed E-state index contributed by atoms with van der Waals surface area (Å²) >= 11 is 0. The Morgan fingerprint density at radius 2 is 2.13 bits per heavy atom. The van der Waals surface area contributed by atoms with Gasteiger partial charge in [0.25, 0.3) is 0 Å². The van der Waals surface area contributed by atoms with Crippen molar-refractivity contribution >= 4 is 0 Å². The van der Waals surface area contributed by atoms with Gasteiger partial charge in [0, 0.05) is 13.1 Å². The lowest BCUT2D eigenvalue weighted by Gasteiger charge is -2.25. The van der Waals surface area contributed by atoms with E-state index < -0.39 is 6.17 Å². The average molecular weight is 209 g/mol. The van der Waals surface area contributed by atoms with E-state index in [0.717, 1.165) is 12.1 Å². The minimum absolute atomic E-state index is 0.0491. The third-order valence-corrected chi connectivity index (χ3v) is 2.96. The Bertz CT molecular complexity index is 304. The SMILES string of the molecule is OC[C@@H](c1ccccc1)N1CC[C@@H](F)C1. The molecule has 0 saturated carbocycles. The van der Waals surface area contributed by atoms with Gasteiger partial charge in [0.1, 0.15) is 6.17 Å². The van der Waals surface area contributed by atoms with Crippen molar-refractivity contribution in [3.63, 3.8) is 0 Å². The summed E-state index contributed by atoms with van der Waals surface area (Å²) in [6.45, 7) is 1.23. The highest BCUT2D eigenvalue weighted by Gasteiger charge is 2.28. The topological polar surface area (TPSA) is 23.5 Å². The Hall–Kier alpha value is -0.930. The molecule has 2 nitrogen and oxygen atoms in total. The molecule has 3 heteroatoms. The highest BCUT2D eigenvalue weighted by atomic mass is 19.1. The maximum Gasteiger partial charge on any atom is 0.114 e. The zero-order valence-electron chi connectivity index (χ0n) is 8.64. The Balaban J connectivity index is 2.11. The molecule has 1 aromatic carbocycles. The molecular formula is C12H16FNO. The van der Waals surface area contributed by atoms with Crippen molar-refractivity contribution in [2.75, 3.05) is 19.7 Å². The molecule has 0 aliphatic carbocycles. The zero-order valence-corrected chi connectivity index (χ0v) is 8.64. The first-order chi connectivity index (χ1) is 7.31. The van der Waals surface area contributed by atoms with Crippen molar-refractivity contribution in [1.82, 2.24) is 4.90 Å². The first kappa shape index (κ1) is 10.6. The number of alkyl halides is 1. The second kappa shape index (κ2) is 4.73. The van der Waals surface area contributed by atoms with E-state index in [1.54, 1.807) is 0 Å². The summed E-state index contributed by atoms with van der Waals surface area (Å²) in [4.78, 5) is 2.01. The van der Waals surface area contributed by atoms with Crippen LogP contribution in [-0.4, -0.2) is 35.9 Å². The third-order valence-electron chi connectivity index (χ3n) is 2.96. The number of aliphatic hydroxyl groups is 1. The van der Waals surface area contributed by atoms with Gasteiger partial charge in [-0.2, -0.15) is 0 Å². The van der Waals surface area contributed by atoms with E-state index in [2.05, 4.69) is 0 Å². The van der Waals surface area contributed by atoms with Crippen LogP contribution in [0.1, 0.15) is 18.0 Å². The van der Waals surface area contributed by atoms with Gasteiger partial charge in [-0.3, -0.25) is 4.90 Å². The van der Waals surface area contributed by atoms with Crippen LogP contribution in [0, 0.1) is 0 Å². The first-order valence-corrected chi connectivity index (χ1v) is 5.35. The first-order valence-electron chi connectivity index (χ1n) is 5.35. The molecule has 1 fully saturated rings. The number of hydrogen-bond donors (Lipinski definition) is 1. The largest absolute Gasteiger partial charge is 0.394 e. The smallest absolute Gasteiger partial charge is 0.114 e. The lowest BCUT2D eigenvalue weighted by Crippen LogP contribution is -2.29. The van der Waals surface area contributed by atoms with Gasteiger partial charge < -0.3 is 5.11 Å². The quantitative estimate of drug-likeness (QED) is 0.820. The highest BCUT2D eigenvalue weighted by molar-refractivity contribution is 5.19. The molecule has 0 amide bonds. The standard InChI is InChI=1S/C12H16FNO/c13-11-6-7-14(8-11)12(9-15)10-4-2-1-3-5-10/h1-5,11-12,15H,6-9H2/t11-,12+/m1/s1. The fraction of sp³-hybridized carbons (Fsp3) is 0.500. The summed E-state index contributed by atoms with van der Waals surface area (Å²) in [5.41, 5.74) is 1.06. The molecule has 1 N–H and O–H groups in total. The Morgan fingerprint density at radius 1 is 1.40 bits per heavy atom. The van der Waals surface area contributed by atoms with Crippen LogP contribution in [0.2, 0.25) is 0 Å². The third kappa shape index (κ3) is 2.36. The van der Waals surface area contributed by atoms with E-state index in [9.17, 15) is 9.50 Å². The van der Waals surface area contributed by atoms with Crippen molar-refractivity contribution < 1.29 is 9.50 Å². The van der Waals surface area contributed by atoms with Gasteiger partial charge >= 0.3 is 0 Å². The van der Waals surface area contributed by atoms with Crippen LogP contribution in [0.25, 0.3) is 0 Å². The fourth-order valence-corrected chi connectivity index (χ4v) is 2.13. The van der Waals surface area contributed by atoms with Crippen LogP contribution < -0.4 is 0 Å². The van der Waals surface area contributed by atoms with Crippen molar-refractivity contribution in [2.45, 2.75) is 18.6 Å². The average Bonchev–Trinajstić information content (AvgIpc) is 2.68. The summed E-state index contributed by atoms with van der Waals surface area (Å²) in [5.74, 6) is 0. The van der Waals surface area contributed by atoms with Crippen molar-refractivity contribution in [3.05, 3.63) is 35.9 Å². The van der Waals surface area contributed by atoms with E-state index in [-0.39, 0.29) is 12.6 Å². The molecule has 82 valence electrons. The normalized spacial score (nSPS) is 24.3. The van der Waals surface area contributed by atoms with Gasteiger partial charge in [-0.1, -0.05) is 30.3 Å². The molecule has 0 aromatic heterocycles. The van der Waals surface area contributed by atoms with Crippen LogP contribution in [0.4, 0.5) is 4.39 Å². The molecule has 0 bridgehead atoms. The van der Waals surface area contributed by atoms with E-state index in [0.29, 0.717) is 13.0 Å². The second-order valence-electron chi connectivity index (χ2n) is 3.99. The Morgan fingerprint density at radius 3 is 2.67 bits per heavy atom. The predicted octanol–water partition coefficient (Wildman–Crippen LogP) is 1.76. The number of hydrogen-bond acceptors (Lipinski definition) is 2. The number of halogens is 1. The molecule has 1 heterocycles. The summed E-state index contributed by atoms with van der Waals surface area (Å²) in [6, 6.07) is 9.74. The maximum absolute atomic E-state index is 13.1. The molecule has 2 atom stereocenters. The molecule has 0 radical (unpaired) electrons. The number of benzene rings is 1. The van der Waals surface area contributed by atoms with Gasteiger partial charge in [-0.15, -0.1) is 0 Å². The summed E-state index contributed by atoms with van der Waals surface area (Å²) in [7, 11) is 0. The molecule has 1 aromatic rings. The number of likely N-dealkylation sites (tertiary alicyclic amines) is 1. The summed E-state index contributed by atoms with van der Waals surface area (Å²) < 4.78 is 13.1. The van der Waals surface area contributed by atoms with Crippen molar-refractivity contribution in [1.29, 1.82) is 0 Å². The fourth-order valence-electron chi connectivity index (χ4n) is 2.13. The lowest BCUT2D eigenvalue weighted by atomic mass is 10.1. The lowest BCUT2D eigenvalue weighted by molar-refractivity contribution is 0.139. The zero-order chi connectivity index (χ0) is 10.7. The van der Waals surface area contributed by atoms with Crippen molar-refractivity contribution in [3.8, 4) is 0 Å². The minimum atomic E-state index is -0.734. The molecule has 0 spiro atoms. The highest BCUT2D eigenvalue weighted by Crippen LogP contribution is 2.25. The van der Waals surface area contributed by atoms with Crippen LogP contribution in [0.15, 0.2) is 30.3 Å². The van der Waals surface area contributed by atoms with Crippen LogP contribution in [-0.2, 0) is 0 Å². The number of nitrogens with zero attached hydrogens (tertiary/aromatic N) is 1. The summed E-state index contributed by atoms with van der Waals surface area (Å²) in [6.07, 6.45) is -0.147. The van der Waals surface area contributed by atoms with Gasteiger partial charge in [-0.25, -0.2) is 4.39 Å².